The molecule has 15 heteroatoms. The quantitative estimate of drug-likeness (QED) is 0.0743. The first-order chi connectivity index (χ1) is 26.5. The monoisotopic (exact) mass is 806 g/mol. The number of aromatic amines is 1. The summed E-state index contributed by atoms with van der Waals surface area (Å²) >= 11 is 9.27. The number of hydrogen-bond acceptors (Lipinski definition) is 12. The van der Waals surface area contributed by atoms with Gasteiger partial charge in [0, 0.05) is 49.1 Å². The molecule has 1 amide bonds. The van der Waals surface area contributed by atoms with E-state index < -0.39 is 17.7 Å². The van der Waals surface area contributed by atoms with Crippen LogP contribution in [0, 0.1) is 5.41 Å². The largest absolute Gasteiger partial charge is 0.506 e. The molecule has 2 fully saturated rings. The molecule has 4 heterocycles. The molecule has 2 aromatic carbocycles. The number of H-pyrrole nitrogens is 1. The average Bonchev–Trinajstić information content (AvgIpc) is 3.91. The molecule has 1 atom stereocenters. The number of ether oxygens (including phenoxy) is 2. The lowest BCUT2D eigenvalue weighted by Gasteiger charge is -2.51. The number of thiophene rings is 2. The lowest BCUT2D eigenvalue weighted by Crippen LogP contribution is -2.52. The van der Waals surface area contributed by atoms with Crippen molar-refractivity contribution < 1.29 is 34.4 Å². The Balaban J connectivity index is 0.856. The van der Waals surface area contributed by atoms with Gasteiger partial charge in [0.25, 0.3) is 0 Å². The lowest BCUT2D eigenvalue weighted by atomic mass is 9.61. The number of aromatic hydroxyl groups is 1. The lowest BCUT2D eigenvalue weighted by molar-refractivity contribution is -0.181. The molecular weight excluding hydrogens is 764 g/mol. The molecule has 1 saturated carbocycles. The summed E-state index contributed by atoms with van der Waals surface area (Å²) in [4.78, 5) is 44.1. The highest BCUT2D eigenvalue weighted by Gasteiger charge is 2.51. The predicted octanol–water partition coefficient (Wildman–Crippen LogP) is 5.89. The maximum absolute atomic E-state index is 13.4. The first-order valence-corrected chi connectivity index (χ1v) is 20.3. The van der Waals surface area contributed by atoms with Crippen LogP contribution in [0.25, 0.3) is 10.9 Å². The summed E-state index contributed by atoms with van der Waals surface area (Å²) in [5, 5.41) is 43.3. The van der Waals surface area contributed by atoms with Crippen molar-refractivity contribution in [2.24, 2.45) is 5.41 Å². The molecule has 1 aliphatic heterocycles. The number of fused-ring (bicyclic) bond motifs is 1. The number of likely N-dealkylation sites (tertiary alicyclic amines) is 1. The van der Waals surface area contributed by atoms with Crippen LogP contribution in [-0.2, 0) is 26.5 Å². The minimum Gasteiger partial charge on any atom is -0.506 e. The Hall–Kier alpha value is -4.28. The van der Waals surface area contributed by atoms with E-state index in [4.69, 9.17) is 21.1 Å². The number of rotatable bonds is 14. The number of esters is 1. The maximum atomic E-state index is 13.4. The fourth-order valence-corrected chi connectivity index (χ4v) is 9.62. The van der Waals surface area contributed by atoms with Gasteiger partial charge in [0.05, 0.1) is 39.2 Å². The van der Waals surface area contributed by atoms with Crippen molar-refractivity contribution in [2.75, 3.05) is 38.6 Å². The highest BCUT2D eigenvalue weighted by Crippen LogP contribution is 2.51. The fourth-order valence-electron chi connectivity index (χ4n) is 7.67. The molecule has 0 bridgehead atoms. The summed E-state index contributed by atoms with van der Waals surface area (Å²) in [6.07, 6.45) is 2.56. The highest BCUT2D eigenvalue weighted by atomic mass is 35.5. The first-order valence-electron chi connectivity index (χ1n) is 18.1. The highest BCUT2D eigenvalue weighted by molar-refractivity contribution is 7.12. The first kappa shape index (κ1) is 39.0. The average molecular weight is 807 g/mol. The fraction of sp³-hybridized carbons (Fsp3) is 0.375. The van der Waals surface area contributed by atoms with Crippen molar-refractivity contribution in [1.82, 2.24) is 15.2 Å². The summed E-state index contributed by atoms with van der Waals surface area (Å²) in [5.74, 6) is -0.353. The third-order valence-electron chi connectivity index (χ3n) is 10.8. The van der Waals surface area contributed by atoms with Crippen LogP contribution in [0.3, 0.4) is 0 Å². The number of aliphatic hydroxyl groups is 2. The number of nitrogens with one attached hydrogen (secondary N) is 3. The summed E-state index contributed by atoms with van der Waals surface area (Å²) < 4.78 is 11.5. The number of methoxy groups -OCH3 is 1. The molecule has 1 aliphatic carbocycles. The normalized spacial score (nSPS) is 16.5. The molecule has 7 rings (SSSR count). The molecule has 55 heavy (non-hydrogen) atoms. The number of hydrogen-bond donors (Lipinski definition) is 6. The number of carbonyl (C=O) groups is 2. The van der Waals surface area contributed by atoms with Gasteiger partial charge in [0.2, 0.25) is 17.1 Å². The predicted molar refractivity (Wildman–Crippen MR) is 213 cm³/mol. The zero-order valence-electron chi connectivity index (χ0n) is 30.2. The van der Waals surface area contributed by atoms with Crippen LogP contribution in [0.5, 0.6) is 11.5 Å². The van der Waals surface area contributed by atoms with Gasteiger partial charge in [-0.2, -0.15) is 0 Å². The van der Waals surface area contributed by atoms with Gasteiger partial charge >= 0.3 is 5.97 Å². The van der Waals surface area contributed by atoms with Gasteiger partial charge in [-0.25, -0.2) is 4.79 Å². The number of piperidine rings is 1. The minimum absolute atomic E-state index is 0.0792. The Labute approximate surface area is 330 Å². The summed E-state index contributed by atoms with van der Waals surface area (Å²) in [5.41, 5.74) is -0.0647. The van der Waals surface area contributed by atoms with Crippen LogP contribution in [0.15, 0.2) is 76.2 Å². The number of nitrogens with zero attached hydrogens (tertiary/aromatic N) is 1. The molecule has 290 valence electrons. The van der Waals surface area contributed by atoms with E-state index in [0.717, 1.165) is 44.3 Å². The van der Waals surface area contributed by atoms with Crippen molar-refractivity contribution in [3.63, 3.8) is 0 Å². The Kier molecular flexibility index (Phi) is 11.7. The van der Waals surface area contributed by atoms with Crippen molar-refractivity contribution in [3.05, 3.63) is 108 Å². The molecule has 12 nitrogen and oxygen atoms in total. The van der Waals surface area contributed by atoms with Gasteiger partial charge in [0.15, 0.2) is 0 Å². The van der Waals surface area contributed by atoms with Crippen LogP contribution in [0.2, 0.25) is 5.02 Å². The number of benzene rings is 2. The number of aromatic nitrogens is 1. The summed E-state index contributed by atoms with van der Waals surface area (Å²) in [6, 6.07) is 16.5. The Morgan fingerprint density at radius 1 is 1.07 bits per heavy atom. The van der Waals surface area contributed by atoms with Crippen LogP contribution >= 0.6 is 34.3 Å². The number of amides is 1. The second-order valence-corrected chi connectivity index (χ2v) is 16.6. The number of phenols is 1. The molecule has 0 unspecified atom stereocenters. The number of carbonyl (C=O) groups excluding carboxylic acids is 2. The summed E-state index contributed by atoms with van der Waals surface area (Å²) in [7, 11) is 1.53. The molecule has 2 aliphatic rings. The van der Waals surface area contributed by atoms with E-state index in [1.807, 2.05) is 22.9 Å². The second kappa shape index (κ2) is 16.4. The van der Waals surface area contributed by atoms with Crippen molar-refractivity contribution in [2.45, 2.75) is 56.5 Å². The van der Waals surface area contributed by atoms with Gasteiger partial charge in [-0.3, -0.25) is 9.59 Å². The second-order valence-electron chi connectivity index (χ2n) is 14.3. The van der Waals surface area contributed by atoms with E-state index in [-0.39, 0.29) is 47.2 Å². The topological polar surface area (TPSA) is 173 Å². The van der Waals surface area contributed by atoms with Gasteiger partial charge < -0.3 is 45.3 Å². The zero-order valence-corrected chi connectivity index (χ0v) is 32.6. The molecule has 0 radical (unpaired) electrons. The van der Waals surface area contributed by atoms with Crippen molar-refractivity contribution in [1.29, 1.82) is 0 Å². The van der Waals surface area contributed by atoms with Crippen LogP contribution in [0.1, 0.15) is 59.1 Å². The Morgan fingerprint density at radius 3 is 2.44 bits per heavy atom. The van der Waals surface area contributed by atoms with Crippen molar-refractivity contribution in [3.8, 4) is 11.5 Å². The third kappa shape index (κ3) is 8.31. The van der Waals surface area contributed by atoms with E-state index >= 15 is 0 Å². The van der Waals surface area contributed by atoms with Crippen LogP contribution in [-0.4, -0.2) is 76.5 Å². The molecule has 6 N–H and O–H groups in total. The number of pyridine rings is 1. The van der Waals surface area contributed by atoms with Gasteiger partial charge in [-0.05, 0) is 90.8 Å². The molecule has 1 spiro atoms. The van der Waals surface area contributed by atoms with Gasteiger partial charge in [0.1, 0.15) is 17.6 Å². The number of halogens is 1. The van der Waals surface area contributed by atoms with Crippen LogP contribution in [0.4, 0.5) is 5.69 Å². The van der Waals surface area contributed by atoms with E-state index in [1.54, 1.807) is 36.4 Å². The zero-order chi connectivity index (χ0) is 38.7. The van der Waals surface area contributed by atoms with Crippen molar-refractivity contribution >= 4 is 62.7 Å². The number of phenolic OH excluding ortho intramolecular Hbond substituents is 1. The number of aliphatic hydroxyl groups excluding tert-OH is 1. The maximum Gasteiger partial charge on any atom is 0.349 e. The van der Waals surface area contributed by atoms with Gasteiger partial charge in [-0.15, -0.1) is 22.7 Å². The van der Waals surface area contributed by atoms with E-state index in [1.165, 1.54) is 41.9 Å². The molecular formula is C40H43ClN4O8S2. The Bertz CT molecular complexity index is 2160. The molecule has 3 aromatic heterocycles. The van der Waals surface area contributed by atoms with Gasteiger partial charge in [-0.1, -0.05) is 29.8 Å². The minimum atomic E-state index is -1.80. The Morgan fingerprint density at radius 2 is 1.78 bits per heavy atom. The van der Waals surface area contributed by atoms with Crippen LogP contribution < -0.4 is 20.9 Å². The van der Waals surface area contributed by atoms with E-state index in [9.17, 15) is 29.7 Å². The van der Waals surface area contributed by atoms with E-state index in [2.05, 4.69) is 20.5 Å². The molecule has 1 saturated heterocycles. The summed E-state index contributed by atoms with van der Waals surface area (Å²) in [6.45, 7) is 2.76. The molecule has 5 aromatic rings. The number of anilines is 1. The third-order valence-corrected chi connectivity index (χ3v) is 13.1. The standard InChI is InChI=1S/C40H43ClN4O8S2/c1-52-32-19-29(28(41)18-24(32)22-42-23-31(47)26-6-8-30(46)37-27(26)7-9-35(48)44-37)43-36(49)10-13-45-14-11-39(12-15-45)20-25(21-39)53-38(50)40(51,33-4-2-16-54-33)34-5-3-17-55-34/h2-9,16-19,25,31,42,46-47,51H,10-15,20-23H2,1H3,(H,43,49)(H,44,48)/t31-/m0/s1. The smallest absolute Gasteiger partial charge is 0.349 e. The SMILES string of the molecule is COc1cc(NC(=O)CCN2CCC3(CC2)CC(OC(=O)C(O)(c2cccs2)c2cccs2)C3)c(Cl)cc1CNC[C@H](O)c1ccc(O)c2[nH]c(=O)ccc12. The van der Waals surface area contributed by atoms with E-state index in [0.29, 0.717) is 50.3 Å².